The number of benzene rings is 1. The third-order valence-electron chi connectivity index (χ3n) is 3.40. The summed E-state index contributed by atoms with van der Waals surface area (Å²) in [5.74, 6) is -0.561. The highest BCUT2D eigenvalue weighted by Gasteiger charge is 2.10. The van der Waals surface area contributed by atoms with E-state index in [-0.39, 0.29) is 18.2 Å². The van der Waals surface area contributed by atoms with Crippen LogP contribution in [0.4, 0.5) is 26.2 Å². The van der Waals surface area contributed by atoms with Crippen molar-refractivity contribution in [2.75, 3.05) is 17.2 Å². The molecule has 144 valence electrons. The van der Waals surface area contributed by atoms with Gasteiger partial charge in [0.1, 0.15) is 18.1 Å². The average Bonchev–Trinajstić information content (AvgIpc) is 2.68. The highest BCUT2D eigenvalue weighted by molar-refractivity contribution is 5.72. The van der Waals surface area contributed by atoms with Crippen molar-refractivity contribution in [2.24, 2.45) is 0 Å². The van der Waals surface area contributed by atoms with E-state index in [4.69, 9.17) is 5.11 Å². The number of nitrogens with one attached hydrogen (secondary N) is 2. The largest absolute Gasteiger partial charge is 0.480 e. The van der Waals surface area contributed by atoms with E-state index in [1.807, 2.05) is 0 Å². The number of nitrogens with zero attached hydrogens (tertiary/aromatic N) is 3. The molecular formula is C18H15F2N5O3. The van der Waals surface area contributed by atoms with Gasteiger partial charge in [0, 0.05) is 18.0 Å². The van der Waals surface area contributed by atoms with Gasteiger partial charge in [-0.2, -0.15) is 13.8 Å². The first kappa shape index (κ1) is 19.0. The van der Waals surface area contributed by atoms with Crippen LogP contribution >= 0.6 is 0 Å². The zero-order valence-electron chi connectivity index (χ0n) is 14.3. The fourth-order valence-electron chi connectivity index (χ4n) is 2.26. The van der Waals surface area contributed by atoms with Crippen molar-refractivity contribution in [1.82, 2.24) is 15.0 Å². The van der Waals surface area contributed by atoms with Crippen LogP contribution in [0.5, 0.6) is 5.75 Å². The quantitative estimate of drug-likeness (QED) is 0.540. The van der Waals surface area contributed by atoms with Crippen LogP contribution in [0.1, 0.15) is 0 Å². The lowest BCUT2D eigenvalue weighted by atomic mass is 10.2. The number of hydrogen-bond donors (Lipinski definition) is 3. The molecule has 0 fully saturated rings. The van der Waals surface area contributed by atoms with Gasteiger partial charge in [-0.1, -0.05) is 6.07 Å². The van der Waals surface area contributed by atoms with Crippen LogP contribution in [0.2, 0.25) is 0 Å². The number of rotatable bonds is 8. The fourth-order valence-corrected chi connectivity index (χ4v) is 2.26. The van der Waals surface area contributed by atoms with E-state index in [9.17, 15) is 13.6 Å². The maximum absolute atomic E-state index is 12.2. The Morgan fingerprint density at radius 3 is 2.54 bits per heavy atom. The molecule has 3 N–H and O–H groups in total. The summed E-state index contributed by atoms with van der Waals surface area (Å²) in [7, 11) is 0. The van der Waals surface area contributed by atoms with Gasteiger partial charge in [0.15, 0.2) is 0 Å². The number of anilines is 3. The minimum atomic E-state index is -2.90. The van der Waals surface area contributed by atoms with Gasteiger partial charge >= 0.3 is 12.6 Å². The molecule has 0 aliphatic carbocycles. The molecule has 3 aromatic rings. The number of aromatic nitrogens is 3. The lowest BCUT2D eigenvalue weighted by Crippen LogP contribution is -2.15. The minimum absolute atomic E-state index is 0.0289. The second-order valence-corrected chi connectivity index (χ2v) is 5.45. The summed E-state index contributed by atoms with van der Waals surface area (Å²) in [6, 6.07) is 12.8. The summed E-state index contributed by atoms with van der Waals surface area (Å²) in [5.41, 5.74) is 1.62. The van der Waals surface area contributed by atoms with Gasteiger partial charge in [-0.05, 0) is 36.4 Å². The molecule has 1 aromatic carbocycles. The smallest absolute Gasteiger partial charge is 0.387 e. The van der Waals surface area contributed by atoms with Gasteiger partial charge in [-0.25, -0.2) is 4.98 Å². The number of carbonyl (C=O) groups is 1. The second-order valence-electron chi connectivity index (χ2n) is 5.45. The van der Waals surface area contributed by atoms with Crippen molar-refractivity contribution >= 4 is 23.4 Å². The molecule has 8 nitrogen and oxygen atoms in total. The average molecular weight is 387 g/mol. The van der Waals surface area contributed by atoms with Crippen LogP contribution in [-0.4, -0.2) is 39.2 Å². The van der Waals surface area contributed by atoms with Crippen molar-refractivity contribution < 1.29 is 23.4 Å². The van der Waals surface area contributed by atoms with Crippen molar-refractivity contribution in [3.63, 3.8) is 0 Å². The normalized spacial score (nSPS) is 10.5. The Hall–Kier alpha value is -3.82. The molecule has 0 atom stereocenters. The van der Waals surface area contributed by atoms with E-state index >= 15 is 0 Å². The predicted molar refractivity (Wildman–Crippen MR) is 97.7 cm³/mol. The summed E-state index contributed by atoms with van der Waals surface area (Å²) in [4.78, 5) is 23.5. The molecule has 28 heavy (non-hydrogen) atoms. The van der Waals surface area contributed by atoms with Gasteiger partial charge < -0.3 is 20.5 Å². The fraction of sp³-hybridized carbons (Fsp3) is 0.111. The maximum Gasteiger partial charge on any atom is 0.387 e. The highest BCUT2D eigenvalue weighted by Crippen LogP contribution is 2.24. The lowest BCUT2D eigenvalue weighted by Gasteiger charge is -2.11. The molecule has 0 spiro atoms. The zero-order valence-corrected chi connectivity index (χ0v) is 14.3. The molecule has 0 radical (unpaired) electrons. The van der Waals surface area contributed by atoms with Gasteiger partial charge in [-0.3, -0.25) is 9.78 Å². The molecule has 0 saturated carbocycles. The molecule has 0 amide bonds. The first-order valence-corrected chi connectivity index (χ1v) is 8.07. The number of halogens is 2. The summed E-state index contributed by atoms with van der Waals surface area (Å²) >= 11 is 0. The Morgan fingerprint density at radius 1 is 1.11 bits per heavy atom. The van der Waals surface area contributed by atoms with E-state index in [2.05, 4.69) is 30.3 Å². The van der Waals surface area contributed by atoms with Crippen LogP contribution in [-0.2, 0) is 4.79 Å². The topological polar surface area (TPSA) is 109 Å². The van der Waals surface area contributed by atoms with E-state index in [0.717, 1.165) is 0 Å². The summed E-state index contributed by atoms with van der Waals surface area (Å²) in [6.45, 7) is -3.26. The molecule has 10 heteroatoms. The third-order valence-corrected chi connectivity index (χ3v) is 3.40. The van der Waals surface area contributed by atoms with Crippen molar-refractivity contribution in [2.45, 2.75) is 6.61 Å². The number of aliphatic carboxylic acids is 1. The highest BCUT2D eigenvalue weighted by atomic mass is 19.3. The van der Waals surface area contributed by atoms with Gasteiger partial charge in [0.05, 0.1) is 11.4 Å². The molecule has 0 bridgehead atoms. The second kappa shape index (κ2) is 8.71. The maximum atomic E-state index is 12.2. The Bertz CT molecular complexity index is 940. The number of carboxylic acids is 1. The van der Waals surface area contributed by atoms with Crippen LogP contribution in [0.15, 0.2) is 54.7 Å². The predicted octanol–water partition coefficient (Wildman–Crippen LogP) is 3.38. The molecule has 2 heterocycles. The Balaban J connectivity index is 1.86. The van der Waals surface area contributed by atoms with E-state index in [1.54, 1.807) is 42.6 Å². The number of alkyl halides is 2. The summed E-state index contributed by atoms with van der Waals surface area (Å²) in [6.07, 6.45) is 1.61. The van der Waals surface area contributed by atoms with Gasteiger partial charge in [-0.15, -0.1) is 0 Å². The van der Waals surface area contributed by atoms with E-state index in [1.165, 1.54) is 12.1 Å². The monoisotopic (exact) mass is 387 g/mol. The first-order valence-electron chi connectivity index (χ1n) is 8.07. The SMILES string of the molecule is O=C(O)CNc1nc(Nc2ccc(OC(F)F)cc2)cc(-c2ccccn2)n1. The Morgan fingerprint density at radius 2 is 1.89 bits per heavy atom. The molecule has 2 aromatic heterocycles. The molecule has 0 unspecified atom stereocenters. The lowest BCUT2D eigenvalue weighted by molar-refractivity contribution is -0.134. The third kappa shape index (κ3) is 5.34. The standard InChI is InChI=1S/C18H15F2N5O3/c19-17(20)28-12-6-4-11(5-7-12)23-15-9-14(13-3-1-2-8-21-13)24-18(25-15)22-10-16(26)27/h1-9,17H,10H2,(H,26,27)(H2,22,23,24,25). The molecule has 3 rings (SSSR count). The molecule has 0 saturated heterocycles. The first-order chi connectivity index (χ1) is 13.5. The van der Waals surface area contributed by atoms with Crippen LogP contribution < -0.4 is 15.4 Å². The van der Waals surface area contributed by atoms with Gasteiger partial charge in [0.25, 0.3) is 0 Å². The number of hydrogen-bond acceptors (Lipinski definition) is 7. The summed E-state index contributed by atoms with van der Waals surface area (Å²) in [5, 5.41) is 14.5. The van der Waals surface area contributed by atoms with Crippen molar-refractivity contribution in [3.8, 4) is 17.1 Å². The number of pyridine rings is 1. The van der Waals surface area contributed by atoms with Gasteiger partial charge in [0.2, 0.25) is 5.95 Å². The Labute approximate surface area is 158 Å². The van der Waals surface area contributed by atoms with E-state index in [0.29, 0.717) is 22.9 Å². The van der Waals surface area contributed by atoms with Crippen LogP contribution in [0.3, 0.4) is 0 Å². The number of carboxylic acid groups (broad SMARTS) is 1. The molecule has 0 aliphatic heterocycles. The van der Waals surface area contributed by atoms with E-state index < -0.39 is 12.6 Å². The van der Waals surface area contributed by atoms with Crippen LogP contribution in [0, 0.1) is 0 Å². The number of ether oxygens (including phenoxy) is 1. The minimum Gasteiger partial charge on any atom is -0.480 e. The van der Waals surface area contributed by atoms with Crippen molar-refractivity contribution in [1.29, 1.82) is 0 Å². The summed E-state index contributed by atoms with van der Waals surface area (Å²) < 4.78 is 28.8. The Kier molecular flexibility index (Phi) is 5.90. The molecule has 0 aliphatic rings. The molecular weight excluding hydrogens is 372 g/mol. The van der Waals surface area contributed by atoms with Crippen LogP contribution in [0.25, 0.3) is 11.4 Å². The zero-order chi connectivity index (χ0) is 19.9. The van der Waals surface area contributed by atoms with Crippen molar-refractivity contribution in [3.05, 3.63) is 54.7 Å².